The molecule has 0 saturated carbocycles. The van der Waals surface area contributed by atoms with Crippen LogP contribution in [-0.4, -0.2) is 21.6 Å². The highest BCUT2D eigenvalue weighted by Crippen LogP contribution is 2.19. The number of primary amides is 1. The van der Waals surface area contributed by atoms with E-state index < -0.39 is 5.91 Å². The number of hydrogen-bond acceptors (Lipinski definition) is 3. The number of carbonyl (C=O) groups excluding carboxylic acids is 1. The smallest absolute Gasteiger partial charge is 0.227 e. The van der Waals surface area contributed by atoms with Gasteiger partial charge in [-0.25, -0.2) is 9.37 Å². The van der Waals surface area contributed by atoms with Crippen molar-refractivity contribution in [2.45, 2.75) is 5.16 Å². The first-order valence-corrected chi connectivity index (χ1v) is 5.20. The summed E-state index contributed by atoms with van der Waals surface area (Å²) in [5.74, 6) is -0.577. The van der Waals surface area contributed by atoms with Gasteiger partial charge >= 0.3 is 0 Å². The van der Waals surface area contributed by atoms with Gasteiger partial charge in [0.1, 0.15) is 5.82 Å². The molecule has 0 fully saturated rings. The zero-order chi connectivity index (χ0) is 10.8. The summed E-state index contributed by atoms with van der Waals surface area (Å²) >= 11 is 1.20. The van der Waals surface area contributed by atoms with Crippen molar-refractivity contribution in [3.63, 3.8) is 0 Å². The summed E-state index contributed by atoms with van der Waals surface area (Å²) in [4.78, 5) is 17.6. The van der Waals surface area contributed by atoms with Crippen molar-refractivity contribution in [3.8, 4) is 0 Å². The Hall–Kier alpha value is -1.56. The molecule has 0 aliphatic rings. The summed E-state index contributed by atoms with van der Waals surface area (Å²) in [6.45, 7) is 0. The van der Waals surface area contributed by atoms with Crippen LogP contribution in [0.2, 0.25) is 0 Å². The standard InChI is InChI=1S/C9H8FN3OS/c10-5-1-2-6-7(3-5)13-9(12-6)15-4-8(11)14/h1-3H,4H2,(H2,11,14)(H,12,13). The van der Waals surface area contributed by atoms with Crippen LogP contribution in [-0.2, 0) is 4.79 Å². The van der Waals surface area contributed by atoms with E-state index in [1.165, 1.54) is 23.9 Å². The van der Waals surface area contributed by atoms with Crippen LogP contribution < -0.4 is 5.73 Å². The molecule has 0 radical (unpaired) electrons. The van der Waals surface area contributed by atoms with Gasteiger partial charge in [-0.15, -0.1) is 0 Å². The number of rotatable bonds is 3. The summed E-state index contributed by atoms with van der Waals surface area (Å²) in [7, 11) is 0. The van der Waals surface area contributed by atoms with Crippen molar-refractivity contribution in [3.05, 3.63) is 24.0 Å². The van der Waals surface area contributed by atoms with Crippen LogP contribution in [0.25, 0.3) is 11.0 Å². The highest BCUT2D eigenvalue weighted by molar-refractivity contribution is 7.99. The number of carbonyl (C=O) groups is 1. The van der Waals surface area contributed by atoms with Crippen molar-refractivity contribution >= 4 is 28.7 Å². The largest absolute Gasteiger partial charge is 0.369 e. The fraction of sp³-hybridized carbons (Fsp3) is 0.111. The van der Waals surface area contributed by atoms with Gasteiger partial charge in [-0.3, -0.25) is 4.79 Å². The average Bonchev–Trinajstić information content (AvgIpc) is 2.56. The Kier molecular flexibility index (Phi) is 2.59. The molecule has 1 heterocycles. The summed E-state index contributed by atoms with van der Waals surface area (Å²) < 4.78 is 12.8. The zero-order valence-electron chi connectivity index (χ0n) is 7.66. The Morgan fingerprint density at radius 2 is 2.40 bits per heavy atom. The van der Waals surface area contributed by atoms with Crippen LogP contribution in [0, 0.1) is 5.82 Å². The van der Waals surface area contributed by atoms with Gasteiger partial charge in [0.25, 0.3) is 0 Å². The van der Waals surface area contributed by atoms with Crippen LogP contribution in [0.4, 0.5) is 4.39 Å². The number of benzene rings is 1. The molecule has 0 atom stereocenters. The fourth-order valence-electron chi connectivity index (χ4n) is 1.17. The van der Waals surface area contributed by atoms with Crippen LogP contribution in [0.1, 0.15) is 0 Å². The number of thioether (sulfide) groups is 1. The predicted molar refractivity (Wildman–Crippen MR) is 56.0 cm³/mol. The highest BCUT2D eigenvalue weighted by atomic mass is 32.2. The maximum absolute atomic E-state index is 12.8. The summed E-state index contributed by atoms with van der Waals surface area (Å²) in [6.07, 6.45) is 0. The second-order valence-corrected chi connectivity index (χ2v) is 3.92. The molecule has 0 spiro atoms. The quantitative estimate of drug-likeness (QED) is 0.773. The molecule has 4 nitrogen and oxygen atoms in total. The lowest BCUT2D eigenvalue weighted by Crippen LogP contribution is -2.13. The lowest BCUT2D eigenvalue weighted by Gasteiger charge is -1.90. The van der Waals surface area contributed by atoms with Crippen molar-refractivity contribution < 1.29 is 9.18 Å². The van der Waals surface area contributed by atoms with Crippen molar-refractivity contribution in [1.29, 1.82) is 0 Å². The van der Waals surface area contributed by atoms with E-state index in [1.54, 1.807) is 6.07 Å². The first kappa shape index (κ1) is 9.97. The number of fused-ring (bicyclic) bond motifs is 1. The van der Waals surface area contributed by atoms with Crippen LogP contribution in [0.3, 0.4) is 0 Å². The van der Waals surface area contributed by atoms with E-state index >= 15 is 0 Å². The van der Waals surface area contributed by atoms with E-state index in [4.69, 9.17) is 5.73 Å². The molecule has 3 N–H and O–H groups in total. The normalized spacial score (nSPS) is 10.7. The van der Waals surface area contributed by atoms with E-state index in [-0.39, 0.29) is 11.6 Å². The molecule has 0 unspecified atom stereocenters. The first-order valence-electron chi connectivity index (χ1n) is 4.21. The Morgan fingerprint density at radius 1 is 1.60 bits per heavy atom. The van der Waals surface area contributed by atoms with Crippen LogP contribution in [0.5, 0.6) is 0 Å². The van der Waals surface area contributed by atoms with Gasteiger partial charge in [-0.2, -0.15) is 0 Å². The molecule has 0 aliphatic carbocycles. The fourth-order valence-corrected chi connectivity index (χ4v) is 1.79. The van der Waals surface area contributed by atoms with Gasteiger partial charge in [-0.1, -0.05) is 11.8 Å². The molecule has 1 aromatic heterocycles. The summed E-state index contributed by atoms with van der Waals surface area (Å²) in [6, 6.07) is 4.28. The minimum absolute atomic E-state index is 0.155. The third-order valence-corrected chi connectivity index (χ3v) is 2.67. The summed E-state index contributed by atoms with van der Waals surface area (Å²) in [5.41, 5.74) is 6.28. The van der Waals surface area contributed by atoms with E-state index in [0.717, 1.165) is 0 Å². The molecular formula is C9H8FN3OS. The molecule has 6 heteroatoms. The number of aromatic nitrogens is 2. The molecule has 2 aromatic rings. The number of hydrogen-bond donors (Lipinski definition) is 2. The Morgan fingerprint density at radius 3 is 3.13 bits per heavy atom. The van der Waals surface area contributed by atoms with E-state index in [1.807, 2.05) is 0 Å². The first-order chi connectivity index (χ1) is 7.15. The molecule has 0 saturated heterocycles. The number of aromatic amines is 1. The second kappa shape index (κ2) is 3.90. The third kappa shape index (κ3) is 2.27. The molecule has 0 bridgehead atoms. The van der Waals surface area contributed by atoms with Gasteiger partial charge in [-0.05, 0) is 18.2 Å². The molecule has 0 aliphatic heterocycles. The van der Waals surface area contributed by atoms with Gasteiger partial charge < -0.3 is 10.7 Å². The average molecular weight is 225 g/mol. The predicted octanol–water partition coefficient (Wildman–Crippen LogP) is 1.28. The number of halogens is 1. The second-order valence-electron chi connectivity index (χ2n) is 2.96. The minimum atomic E-state index is -0.411. The molecule has 15 heavy (non-hydrogen) atoms. The molecule has 1 aromatic carbocycles. The molecule has 78 valence electrons. The van der Waals surface area contributed by atoms with Gasteiger partial charge in [0.2, 0.25) is 5.91 Å². The maximum atomic E-state index is 12.8. The van der Waals surface area contributed by atoms with Crippen molar-refractivity contribution in [2.75, 3.05) is 5.75 Å². The maximum Gasteiger partial charge on any atom is 0.227 e. The monoisotopic (exact) mass is 225 g/mol. The molecule has 2 rings (SSSR count). The van der Waals surface area contributed by atoms with Gasteiger partial charge in [0, 0.05) is 0 Å². The number of amides is 1. The number of H-pyrrole nitrogens is 1. The number of nitrogens with one attached hydrogen (secondary N) is 1. The van der Waals surface area contributed by atoms with E-state index in [9.17, 15) is 9.18 Å². The number of nitrogens with zero attached hydrogens (tertiary/aromatic N) is 1. The lowest BCUT2D eigenvalue weighted by molar-refractivity contribution is -0.115. The van der Waals surface area contributed by atoms with Gasteiger partial charge in [0.15, 0.2) is 5.16 Å². The number of imidazole rings is 1. The summed E-state index contributed by atoms with van der Waals surface area (Å²) in [5, 5.41) is 0.564. The SMILES string of the molecule is NC(=O)CSc1nc2ccc(F)cc2[nH]1. The third-order valence-electron chi connectivity index (χ3n) is 1.77. The van der Waals surface area contributed by atoms with Crippen LogP contribution >= 0.6 is 11.8 Å². The number of nitrogens with two attached hydrogens (primary N) is 1. The topological polar surface area (TPSA) is 71.8 Å². The Balaban J connectivity index is 2.27. The minimum Gasteiger partial charge on any atom is -0.369 e. The van der Waals surface area contributed by atoms with Crippen LogP contribution in [0.15, 0.2) is 23.4 Å². The molecule has 1 amide bonds. The van der Waals surface area contributed by atoms with Gasteiger partial charge in [0.05, 0.1) is 16.8 Å². The molecular weight excluding hydrogens is 217 g/mol. The van der Waals surface area contributed by atoms with Crippen molar-refractivity contribution in [1.82, 2.24) is 9.97 Å². The Bertz CT molecular complexity index is 511. The highest BCUT2D eigenvalue weighted by Gasteiger charge is 2.05. The van der Waals surface area contributed by atoms with E-state index in [0.29, 0.717) is 16.2 Å². The van der Waals surface area contributed by atoms with E-state index in [2.05, 4.69) is 9.97 Å². The van der Waals surface area contributed by atoms with Crippen molar-refractivity contribution in [2.24, 2.45) is 5.73 Å². The Labute approximate surface area is 89.1 Å². The zero-order valence-corrected chi connectivity index (χ0v) is 8.47. The lowest BCUT2D eigenvalue weighted by atomic mass is 10.3.